The van der Waals surface area contributed by atoms with Gasteiger partial charge in [0.15, 0.2) is 0 Å². The van der Waals surface area contributed by atoms with Crippen molar-refractivity contribution in [3.05, 3.63) is 78.1 Å². The van der Waals surface area contributed by atoms with E-state index in [1.54, 1.807) is 53.2 Å². The van der Waals surface area contributed by atoms with Crippen LogP contribution in [0, 0.1) is 0 Å². The standard InChI is InChI=1S/C20H23ClN4O2/c1-4-10-24(11-5-2)20(27)15(3)23-19(26)17-8-6-16(7-9-17)13-25-14-18(21)12-22-25/h4-9,12,14-15H,1-2,10-11,13H2,3H3,(H,23,26). The number of aromatic nitrogens is 2. The Morgan fingerprint density at radius 1 is 1.26 bits per heavy atom. The van der Waals surface area contributed by atoms with Crippen LogP contribution in [-0.2, 0) is 11.3 Å². The first-order valence-corrected chi connectivity index (χ1v) is 8.90. The van der Waals surface area contributed by atoms with Gasteiger partial charge in [0, 0.05) is 24.8 Å². The fraction of sp³-hybridized carbons (Fsp3) is 0.250. The number of carbonyl (C=O) groups is 2. The molecule has 0 fully saturated rings. The Morgan fingerprint density at radius 3 is 2.41 bits per heavy atom. The number of nitrogens with one attached hydrogen (secondary N) is 1. The lowest BCUT2D eigenvalue weighted by Crippen LogP contribution is -2.47. The Kier molecular flexibility index (Phi) is 7.37. The Morgan fingerprint density at radius 2 is 1.89 bits per heavy atom. The number of halogens is 1. The highest BCUT2D eigenvalue weighted by Crippen LogP contribution is 2.10. The van der Waals surface area contributed by atoms with E-state index >= 15 is 0 Å². The van der Waals surface area contributed by atoms with Gasteiger partial charge in [-0.15, -0.1) is 13.2 Å². The highest BCUT2D eigenvalue weighted by atomic mass is 35.5. The van der Waals surface area contributed by atoms with E-state index in [-0.39, 0.29) is 11.8 Å². The molecule has 1 unspecified atom stereocenters. The van der Waals surface area contributed by atoms with Crippen molar-refractivity contribution in [1.82, 2.24) is 20.0 Å². The van der Waals surface area contributed by atoms with Crippen LogP contribution in [0.5, 0.6) is 0 Å². The average Bonchev–Trinajstić information content (AvgIpc) is 3.06. The van der Waals surface area contributed by atoms with Gasteiger partial charge in [-0.1, -0.05) is 35.9 Å². The molecule has 0 spiro atoms. The second-order valence-electron chi connectivity index (χ2n) is 6.07. The molecule has 0 aliphatic heterocycles. The van der Waals surface area contributed by atoms with E-state index in [9.17, 15) is 9.59 Å². The zero-order chi connectivity index (χ0) is 19.8. The number of carbonyl (C=O) groups excluding carboxylic acids is 2. The molecule has 1 aromatic heterocycles. The van der Waals surface area contributed by atoms with Crippen molar-refractivity contribution in [3.63, 3.8) is 0 Å². The van der Waals surface area contributed by atoms with Crippen LogP contribution in [0.25, 0.3) is 0 Å². The number of amides is 2. The summed E-state index contributed by atoms with van der Waals surface area (Å²) in [6, 6.07) is 6.48. The molecule has 6 nitrogen and oxygen atoms in total. The molecule has 1 atom stereocenters. The van der Waals surface area contributed by atoms with Crippen LogP contribution in [0.15, 0.2) is 62.0 Å². The fourth-order valence-corrected chi connectivity index (χ4v) is 2.71. The topological polar surface area (TPSA) is 67.2 Å². The van der Waals surface area contributed by atoms with Crippen molar-refractivity contribution in [2.75, 3.05) is 13.1 Å². The number of benzene rings is 1. The lowest BCUT2D eigenvalue weighted by Gasteiger charge is -2.23. The molecule has 1 heterocycles. The van der Waals surface area contributed by atoms with E-state index in [1.165, 1.54) is 0 Å². The number of rotatable bonds is 9. The summed E-state index contributed by atoms with van der Waals surface area (Å²) in [6.45, 7) is 10.3. The predicted molar refractivity (Wildman–Crippen MR) is 107 cm³/mol. The molecule has 0 radical (unpaired) electrons. The smallest absolute Gasteiger partial charge is 0.251 e. The highest BCUT2D eigenvalue weighted by Gasteiger charge is 2.21. The lowest BCUT2D eigenvalue weighted by atomic mass is 10.1. The summed E-state index contributed by atoms with van der Waals surface area (Å²) in [4.78, 5) is 26.4. The Hall–Kier alpha value is -2.86. The minimum Gasteiger partial charge on any atom is -0.341 e. The second kappa shape index (κ2) is 9.73. The molecule has 0 saturated heterocycles. The van der Waals surface area contributed by atoms with E-state index in [4.69, 9.17) is 11.6 Å². The Labute approximate surface area is 164 Å². The SMILES string of the molecule is C=CCN(CC=C)C(=O)C(C)NC(=O)c1ccc(Cn2cc(Cl)cn2)cc1. The van der Waals surface area contributed by atoms with Crippen LogP contribution >= 0.6 is 11.6 Å². The molecular formula is C20H23ClN4O2. The third-order valence-electron chi connectivity index (χ3n) is 3.89. The maximum Gasteiger partial charge on any atom is 0.251 e. The summed E-state index contributed by atoms with van der Waals surface area (Å²) in [6.07, 6.45) is 6.58. The largest absolute Gasteiger partial charge is 0.341 e. The molecule has 27 heavy (non-hydrogen) atoms. The normalized spacial score (nSPS) is 11.5. The summed E-state index contributed by atoms with van der Waals surface area (Å²) in [5.41, 5.74) is 1.47. The van der Waals surface area contributed by atoms with Gasteiger partial charge in [-0.05, 0) is 24.6 Å². The van der Waals surface area contributed by atoms with Crippen LogP contribution in [0.2, 0.25) is 5.02 Å². The van der Waals surface area contributed by atoms with Crippen molar-refractivity contribution in [2.24, 2.45) is 0 Å². The molecule has 0 bridgehead atoms. The average molecular weight is 387 g/mol. The molecule has 2 rings (SSSR count). The van der Waals surface area contributed by atoms with E-state index in [1.807, 2.05) is 12.1 Å². The van der Waals surface area contributed by atoms with Gasteiger partial charge in [-0.25, -0.2) is 0 Å². The maximum absolute atomic E-state index is 12.4. The van der Waals surface area contributed by atoms with E-state index in [0.29, 0.717) is 30.2 Å². The highest BCUT2D eigenvalue weighted by molar-refractivity contribution is 6.30. The van der Waals surface area contributed by atoms with Crippen molar-refractivity contribution >= 4 is 23.4 Å². The van der Waals surface area contributed by atoms with Gasteiger partial charge in [0.1, 0.15) is 6.04 Å². The molecule has 142 valence electrons. The van der Waals surface area contributed by atoms with Gasteiger partial charge in [0.25, 0.3) is 5.91 Å². The number of hydrogen-bond donors (Lipinski definition) is 1. The van der Waals surface area contributed by atoms with Crippen molar-refractivity contribution < 1.29 is 9.59 Å². The monoisotopic (exact) mass is 386 g/mol. The van der Waals surface area contributed by atoms with E-state index < -0.39 is 6.04 Å². The lowest BCUT2D eigenvalue weighted by molar-refractivity contribution is -0.131. The summed E-state index contributed by atoms with van der Waals surface area (Å²) < 4.78 is 1.71. The van der Waals surface area contributed by atoms with Gasteiger partial charge >= 0.3 is 0 Å². The van der Waals surface area contributed by atoms with Crippen molar-refractivity contribution in [1.29, 1.82) is 0 Å². The second-order valence-corrected chi connectivity index (χ2v) is 6.51. The minimum atomic E-state index is -0.650. The Balaban J connectivity index is 1.97. The minimum absolute atomic E-state index is 0.185. The molecule has 2 amide bonds. The quantitative estimate of drug-likeness (QED) is 0.674. The van der Waals surface area contributed by atoms with Crippen LogP contribution < -0.4 is 5.32 Å². The maximum atomic E-state index is 12.4. The molecule has 0 aliphatic rings. The third-order valence-corrected chi connectivity index (χ3v) is 4.09. The summed E-state index contributed by atoms with van der Waals surface area (Å²) in [5, 5.41) is 7.43. The first kappa shape index (κ1) is 20.5. The zero-order valence-corrected chi connectivity index (χ0v) is 16.0. The zero-order valence-electron chi connectivity index (χ0n) is 15.3. The molecular weight excluding hydrogens is 364 g/mol. The Bertz CT molecular complexity index is 804. The molecule has 1 aromatic carbocycles. The van der Waals surface area contributed by atoms with Crippen LogP contribution in [-0.4, -0.2) is 45.6 Å². The molecule has 7 heteroatoms. The first-order chi connectivity index (χ1) is 12.9. The van der Waals surface area contributed by atoms with Gasteiger partial charge in [-0.3, -0.25) is 14.3 Å². The van der Waals surface area contributed by atoms with E-state index in [2.05, 4.69) is 23.6 Å². The molecule has 0 saturated carbocycles. The van der Waals surface area contributed by atoms with E-state index in [0.717, 1.165) is 5.56 Å². The van der Waals surface area contributed by atoms with Gasteiger partial charge in [-0.2, -0.15) is 5.10 Å². The van der Waals surface area contributed by atoms with Gasteiger partial charge < -0.3 is 10.2 Å². The van der Waals surface area contributed by atoms with Gasteiger partial charge in [0.05, 0.1) is 17.8 Å². The first-order valence-electron chi connectivity index (χ1n) is 8.53. The fourth-order valence-electron chi connectivity index (χ4n) is 2.56. The van der Waals surface area contributed by atoms with Gasteiger partial charge in [0.2, 0.25) is 5.91 Å². The van der Waals surface area contributed by atoms with Crippen molar-refractivity contribution in [3.8, 4) is 0 Å². The molecule has 2 aromatic rings. The van der Waals surface area contributed by atoms with Crippen LogP contribution in [0.4, 0.5) is 0 Å². The molecule has 1 N–H and O–H groups in total. The summed E-state index contributed by atoms with van der Waals surface area (Å²) in [5.74, 6) is -0.489. The predicted octanol–water partition coefficient (Wildman–Crippen LogP) is 2.90. The van der Waals surface area contributed by atoms with Crippen LogP contribution in [0.3, 0.4) is 0 Å². The number of nitrogens with zero attached hydrogens (tertiary/aromatic N) is 3. The third kappa shape index (κ3) is 5.82. The van der Waals surface area contributed by atoms with Crippen LogP contribution in [0.1, 0.15) is 22.8 Å². The molecule has 0 aliphatic carbocycles. The number of hydrogen-bond acceptors (Lipinski definition) is 3. The summed E-state index contributed by atoms with van der Waals surface area (Å²) in [7, 11) is 0. The summed E-state index contributed by atoms with van der Waals surface area (Å²) >= 11 is 5.85. The van der Waals surface area contributed by atoms with Crippen molar-refractivity contribution in [2.45, 2.75) is 19.5 Å².